The van der Waals surface area contributed by atoms with Gasteiger partial charge in [0.1, 0.15) is 0 Å². The molecule has 0 aromatic carbocycles. The summed E-state index contributed by atoms with van der Waals surface area (Å²) >= 11 is 0. The Hall–Kier alpha value is -0.520. The van der Waals surface area contributed by atoms with Crippen LogP contribution in [-0.2, 0) is 0 Å². The average Bonchev–Trinajstić information content (AvgIpc) is 1.85. The van der Waals surface area contributed by atoms with Crippen molar-refractivity contribution >= 4 is 0 Å². The van der Waals surface area contributed by atoms with Crippen LogP contribution in [0.15, 0.2) is 23.8 Å². The summed E-state index contributed by atoms with van der Waals surface area (Å²) in [5, 5.41) is 0. The van der Waals surface area contributed by atoms with Gasteiger partial charge in [-0.2, -0.15) is 0 Å². The lowest BCUT2D eigenvalue weighted by molar-refractivity contribution is 0.672. The normalized spacial score (nSPS) is 15.0. The number of hydrogen-bond acceptors (Lipinski definition) is 0. The van der Waals surface area contributed by atoms with Crippen LogP contribution >= 0.6 is 0 Å². The molecule has 10 heavy (non-hydrogen) atoms. The van der Waals surface area contributed by atoms with Gasteiger partial charge >= 0.3 is 0 Å². The standard InChI is InChI=1S/C10H18/c1-6-9(4)10(5)7-8(2)3/h6,10H,2,7H2,1,3-5H3. The molecule has 0 rings (SSSR count). The second-order valence-corrected chi connectivity index (χ2v) is 3.09. The summed E-state index contributed by atoms with van der Waals surface area (Å²) in [6, 6.07) is 0. The minimum Gasteiger partial charge on any atom is -0.100 e. The third-order valence-electron chi connectivity index (χ3n) is 1.89. The molecule has 0 radical (unpaired) electrons. The van der Waals surface area contributed by atoms with E-state index >= 15 is 0 Å². The minimum atomic E-state index is 0.669. The second kappa shape index (κ2) is 4.32. The number of hydrogen-bond donors (Lipinski definition) is 0. The van der Waals surface area contributed by atoms with E-state index in [-0.39, 0.29) is 0 Å². The van der Waals surface area contributed by atoms with Crippen LogP contribution in [0.1, 0.15) is 34.1 Å². The van der Waals surface area contributed by atoms with E-state index < -0.39 is 0 Å². The summed E-state index contributed by atoms with van der Waals surface area (Å²) < 4.78 is 0. The second-order valence-electron chi connectivity index (χ2n) is 3.09. The van der Waals surface area contributed by atoms with Gasteiger partial charge in [-0.05, 0) is 33.1 Å². The molecule has 0 aromatic heterocycles. The zero-order chi connectivity index (χ0) is 8.15. The Morgan fingerprint density at radius 2 is 2.00 bits per heavy atom. The van der Waals surface area contributed by atoms with Crippen LogP contribution in [-0.4, -0.2) is 0 Å². The van der Waals surface area contributed by atoms with Gasteiger partial charge in [0.15, 0.2) is 0 Å². The van der Waals surface area contributed by atoms with Crippen molar-refractivity contribution < 1.29 is 0 Å². The average molecular weight is 138 g/mol. The van der Waals surface area contributed by atoms with Crippen LogP contribution < -0.4 is 0 Å². The van der Waals surface area contributed by atoms with E-state index in [9.17, 15) is 0 Å². The van der Waals surface area contributed by atoms with Crippen LogP contribution in [0.5, 0.6) is 0 Å². The maximum atomic E-state index is 3.88. The van der Waals surface area contributed by atoms with E-state index in [1.54, 1.807) is 0 Å². The van der Waals surface area contributed by atoms with Crippen molar-refractivity contribution in [1.29, 1.82) is 0 Å². The van der Waals surface area contributed by atoms with Crippen molar-refractivity contribution in [2.75, 3.05) is 0 Å². The summed E-state index contributed by atoms with van der Waals surface area (Å²) in [6.07, 6.45) is 3.30. The molecule has 0 spiro atoms. The van der Waals surface area contributed by atoms with Gasteiger partial charge in [0.05, 0.1) is 0 Å². The Morgan fingerprint density at radius 3 is 2.30 bits per heavy atom. The zero-order valence-corrected chi connectivity index (χ0v) is 7.57. The van der Waals surface area contributed by atoms with Crippen LogP contribution in [0, 0.1) is 5.92 Å². The van der Waals surface area contributed by atoms with Gasteiger partial charge in [-0.15, -0.1) is 6.58 Å². The highest BCUT2D eigenvalue weighted by atomic mass is 14.1. The Balaban J connectivity index is 3.85. The predicted octanol–water partition coefficient (Wildman–Crippen LogP) is 3.55. The van der Waals surface area contributed by atoms with E-state index in [0.717, 1.165) is 6.42 Å². The van der Waals surface area contributed by atoms with E-state index in [0.29, 0.717) is 5.92 Å². The fourth-order valence-corrected chi connectivity index (χ4v) is 0.968. The molecule has 0 saturated carbocycles. The molecule has 0 heterocycles. The minimum absolute atomic E-state index is 0.669. The van der Waals surface area contributed by atoms with E-state index in [4.69, 9.17) is 0 Å². The molecule has 0 aliphatic heterocycles. The monoisotopic (exact) mass is 138 g/mol. The number of allylic oxidation sites excluding steroid dienone is 3. The SMILES string of the molecule is C=C(C)CC(C)C(C)=CC. The lowest BCUT2D eigenvalue weighted by Crippen LogP contribution is -1.95. The Bertz CT molecular complexity index is 140. The summed E-state index contributed by atoms with van der Waals surface area (Å²) in [5.74, 6) is 0.669. The molecule has 58 valence electrons. The first-order valence-electron chi connectivity index (χ1n) is 3.85. The van der Waals surface area contributed by atoms with Crippen LogP contribution in [0.2, 0.25) is 0 Å². The summed E-state index contributed by atoms with van der Waals surface area (Å²) in [4.78, 5) is 0. The zero-order valence-electron chi connectivity index (χ0n) is 7.57. The Kier molecular flexibility index (Phi) is 4.10. The van der Waals surface area contributed by atoms with Crippen molar-refractivity contribution in [3.63, 3.8) is 0 Å². The van der Waals surface area contributed by atoms with Gasteiger partial charge < -0.3 is 0 Å². The summed E-state index contributed by atoms with van der Waals surface area (Å²) in [7, 11) is 0. The van der Waals surface area contributed by atoms with Crippen LogP contribution in [0.4, 0.5) is 0 Å². The topological polar surface area (TPSA) is 0 Å². The molecule has 0 heteroatoms. The molecule has 0 fully saturated rings. The van der Waals surface area contributed by atoms with Gasteiger partial charge in [-0.3, -0.25) is 0 Å². The Morgan fingerprint density at radius 1 is 1.50 bits per heavy atom. The summed E-state index contributed by atoms with van der Waals surface area (Å²) in [5.41, 5.74) is 2.73. The summed E-state index contributed by atoms with van der Waals surface area (Å²) in [6.45, 7) is 12.5. The van der Waals surface area contributed by atoms with E-state index in [2.05, 4.69) is 40.3 Å². The van der Waals surface area contributed by atoms with Crippen molar-refractivity contribution in [2.45, 2.75) is 34.1 Å². The molecule has 0 N–H and O–H groups in total. The first-order valence-corrected chi connectivity index (χ1v) is 3.85. The Labute approximate surface area is 64.6 Å². The lowest BCUT2D eigenvalue weighted by Gasteiger charge is -2.10. The fourth-order valence-electron chi connectivity index (χ4n) is 0.968. The van der Waals surface area contributed by atoms with E-state index in [1.807, 2.05) is 0 Å². The molecule has 0 aliphatic carbocycles. The van der Waals surface area contributed by atoms with Crippen molar-refractivity contribution in [3.05, 3.63) is 23.8 Å². The predicted molar refractivity (Wildman–Crippen MR) is 48.0 cm³/mol. The smallest absolute Gasteiger partial charge is 0.0197 e. The first kappa shape index (κ1) is 9.48. The maximum Gasteiger partial charge on any atom is -0.0197 e. The van der Waals surface area contributed by atoms with Gasteiger partial charge in [-0.1, -0.05) is 24.1 Å². The quantitative estimate of drug-likeness (QED) is 0.523. The van der Waals surface area contributed by atoms with Gasteiger partial charge in [0, 0.05) is 0 Å². The highest BCUT2D eigenvalue weighted by Gasteiger charge is 2.01. The molecule has 0 amide bonds. The van der Waals surface area contributed by atoms with Crippen molar-refractivity contribution in [1.82, 2.24) is 0 Å². The largest absolute Gasteiger partial charge is 0.100 e. The van der Waals surface area contributed by atoms with Gasteiger partial charge in [0.25, 0.3) is 0 Å². The molecule has 0 nitrogen and oxygen atoms in total. The third kappa shape index (κ3) is 3.49. The fraction of sp³-hybridized carbons (Fsp3) is 0.600. The molecular formula is C10H18. The molecular weight excluding hydrogens is 120 g/mol. The van der Waals surface area contributed by atoms with Gasteiger partial charge in [0.2, 0.25) is 0 Å². The molecule has 1 atom stereocenters. The molecule has 1 unspecified atom stereocenters. The molecule has 0 saturated heterocycles. The maximum absolute atomic E-state index is 3.88. The van der Waals surface area contributed by atoms with Crippen LogP contribution in [0.25, 0.3) is 0 Å². The number of rotatable bonds is 3. The molecule has 0 bridgehead atoms. The van der Waals surface area contributed by atoms with Crippen molar-refractivity contribution in [2.24, 2.45) is 5.92 Å². The lowest BCUT2D eigenvalue weighted by atomic mass is 9.96. The highest BCUT2D eigenvalue weighted by Crippen LogP contribution is 2.17. The van der Waals surface area contributed by atoms with E-state index in [1.165, 1.54) is 11.1 Å². The molecule has 0 aromatic rings. The van der Waals surface area contributed by atoms with Crippen molar-refractivity contribution in [3.8, 4) is 0 Å². The van der Waals surface area contributed by atoms with Gasteiger partial charge in [-0.25, -0.2) is 0 Å². The molecule has 0 aliphatic rings. The highest BCUT2D eigenvalue weighted by molar-refractivity contribution is 5.05. The third-order valence-corrected chi connectivity index (χ3v) is 1.89. The van der Waals surface area contributed by atoms with Crippen LogP contribution in [0.3, 0.4) is 0 Å². The first-order chi connectivity index (χ1) is 4.57.